The Morgan fingerprint density at radius 1 is 0.917 bits per heavy atom. The Morgan fingerprint density at radius 2 is 1.67 bits per heavy atom. The summed E-state index contributed by atoms with van der Waals surface area (Å²) in [5.41, 5.74) is 5.84. The topological polar surface area (TPSA) is 67.9 Å². The van der Waals surface area contributed by atoms with Crippen LogP contribution in [0.3, 0.4) is 0 Å². The minimum absolute atomic E-state index is 0.135. The first kappa shape index (κ1) is 23.9. The van der Waals surface area contributed by atoms with E-state index in [1.807, 2.05) is 31.2 Å². The van der Waals surface area contributed by atoms with Crippen molar-refractivity contribution in [1.82, 2.24) is 9.47 Å². The van der Waals surface area contributed by atoms with Gasteiger partial charge in [-0.1, -0.05) is 61.5 Å². The van der Waals surface area contributed by atoms with Crippen LogP contribution in [0.5, 0.6) is 0 Å². The summed E-state index contributed by atoms with van der Waals surface area (Å²) in [5.74, 6) is -0.834. The molecule has 1 aromatic heterocycles. The number of fused-ring (bicyclic) bond motifs is 1. The lowest BCUT2D eigenvalue weighted by molar-refractivity contribution is -0.147. The lowest BCUT2D eigenvalue weighted by Crippen LogP contribution is -2.46. The molecule has 5 rings (SSSR count). The van der Waals surface area contributed by atoms with Gasteiger partial charge in [0.1, 0.15) is 0 Å². The number of aromatic nitrogens is 1. The quantitative estimate of drug-likeness (QED) is 0.331. The molecule has 0 N–H and O–H groups in total. The molecule has 186 valence electrons. The third-order valence-corrected chi connectivity index (χ3v) is 6.64. The lowest BCUT2D eigenvalue weighted by Gasteiger charge is -2.36. The number of rotatable bonds is 8. The number of para-hydroxylation sites is 1. The molecule has 2 heterocycles. The Hall–Kier alpha value is -3.84. The van der Waals surface area contributed by atoms with E-state index < -0.39 is 5.76 Å². The van der Waals surface area contributed by atoms with Crippen molar-refractivity contribution in [3.8, 4) is 11.1 Å². The first-order valence-electron chi connectivity index (χ1n) is 12.5. The van der Waals surface area contributed by atoms with Crippen LogP contribution < -0.4 is 10.7 Å². The van der Waals surface area contributed by atoms with E-state index in [0.29, 0.717) is 23.9 Å². The fraction of sp³-hybridized carbons (Fsp3) is 0.310. The minimum Gasteiger partial charge on any atom is -0.444 e. The number of anilines is 1. The summed E-state index contributed by atoms with van der Waals surface area (Å²) in [6.07, 6.45) is 1.03. The average molecular weight is 486 g/mol. The van der Waals surface area contributed by atoms with Crippen molar-refractivity contribution in [3.63, 3.8) is 0 Å². The van der Waals surface area contributed by atoms with Gasteiger partial charge in [0.05, 0.1) is 11.2 Å². The van der Waals surface area contributed by atoms with Crippen LogP contribution in [0.15, 0.2) is 82.0 Å². The van der Waals surface area contributed by atoms with E-state index in [4.69, 9.17) is 9.15 Å². The molecule has 0 atom stereocenters. The summed E-state index contributed by atoms with van der Waals surface area (Å²) < 4.78 is 12.2. The van der Waals surface area contributed by atoms with Crippen LogP contribution in [0.2, 0.25) is 0 Å². The van der Waals surface area contributed by atoms with E-state index in [-0.39, 0.29) is 12.7 Å². The molecule has 3 aromatic carbocycles. The van der Waals surface area contributed by atoms with Gasteiger partial charge in [0, 0.05) is 39.1 Å². The zero-order valence-electron chi connectivity index (χ0n) is 20.6. The number of oxazole rings is 1. The van der Waals surface area contributed by atoms with Crippen molar-refractivity contribution in [2.45, 2.75) is 33.0 Å². The first-order chi connectivity index (χ1) is 17.6. The molecule has 1 aliphatic heterocycles. The second kappa shape index (κ2) is 10.8. The molecule has 0 unspecified atom stereocenters. The van der Waals surface area contributed by atoms with Crippen LogP contribution in [0.25, 0.3) is 22.2 Å². The average Bonchev–Trinajstić information content (AvgIpc) is 3.24. The van der Waals surface area contributed by atoms with Crippen molar-refractivity contribution in [3.05, 3.63) is 88.9 Å². The molecular weight excluding hydrogens is 454 g/mol. The summed E-state index contributed by atoms with van der Waals surface area (Å²) >= 11 is 0. The predicted molar refractivity (Wildman–Crippen MR) is 141 cm³/mol. The fourth-order valence-electron chi connectivity index (χ4n) is 4.74. The number of esters is 1. The molecule has 0 aliphatic carbocycles. The molecule has 0 saturated carbocycles. The highest BCUT2D eigenvalue weighted by atomic mass is 16.5. The maximum absolute atomic E-state index is 12.5. The van der Waals surface area contributed by atoms with Gasteiger partial charge in [-0.25, -0.2) is 9.36 Å². The molecule has 0 amide bonds. The highest BCUT2D eigenvalue weighted by molar-refractivity contribution is 5.87. The second-order valence-corrected chi connectivity index (χ2v) is 9.15. The molecule has 0 bridgehead atoms. The largest absolute Gasteiger partial charge is 0.444 e. The van der Waals surface area contributed by atoms with Crippen molar-refractivity contribution in [2.24, 2.45) is 0 Å². The number of carbonyl (C=O) groups excluding carboxylic acids is 1. The van der Waals surface area contributed by atoms with Gasteiger partial charge in [-0.2, -0.15) is 0 Å². The van der Waals surface area contributed by atoms with Crippen LogP contribution >= 0.6 is 0 Å². The normalized spacial score (nSPS) is 14.3. The maximum atomic E-state index is 12.5. The summed E-state index contributed by atoms with van der Waals surface area (Å²) in [7, 11) is 0. The van der Waals surface area contributed by atoms with Crippen LogP contribution in [-0.2, 0) is 22.8 Å². The number of nitrogens with zero attached hydrogens (tertiary/aromatic N) is 3. The number of hydrogen-bond acceptors (Lipinski definition) is 6. The summed E-state index contributed by atoms with van der Waals surface area (Å²) in [5, 5.41) is 0. The zero-order chi connectivity index (χ0) is 24.9. The van der Waals surface area contributed by atoms with Gasteiger partial charge < -0.3 is 14.1 Å². The fourth-order valence-corrected chi connectivity index (χ4v) is 4.74. The van der Waals surface area contributed by atoms with Gasteiger partial charge >= 0.3 is 11.7 Å². The molecule has 36 heavy (non-hydrogen) atoms. The molecule has 1 saturated heterocycles. The molecule has 7 nitrogen and oxygen atoms in total. The van der Waals surface area contributed by atoms with Crippen LogP contribution in [0, 0.1) is 0 Å². The van der Waals surface area contributed by atoms with E-state index in [0.717, 1.165) is 38.4 Å². The smallest absolute Gasteiger partial charge is 0.422 e. The van der Waals surface area contributed by atoms with E-state index in [9.17, 15) is 9.59 Å². The van der Waals surface area contributed by atoms with Crippen LogP contribution in [0.4, 0.5) is 5.69 Å². The Balaban J connectivity index is 1.25. The molecule has 1 fully saturated rings. The Kier molecular flexibility index (Phi) is 7.18. The molecule has 0 radical (unpaired) electrons. The van der Waals surface area contributed by atoms with Crippen LogP contribution in [0.1, 0.15) is 25.3 Å². The first-order valence-corrected chi connectivity index (χ1v) is 12.5. The molecule has 7 heteroatoms. The lowest BCUT2D eigenvalue weighted by atomic mass is 10.0. The second-order valence-electron chi connectivity index (χ2n) is 9.15. The SMILES string of the molecule is CCCC(=O)OCn1c(=O)oc2c(N3CCN(Cc4cccc(-c5ccccc5)c4)CC3)cccc21. The highest BCUT2D eigenvalue weighted by Crippen LogP contribution is 2.28. The highest BCUT2D eigenvalue weighted by Gasteiger charge is 2.22. The van der Waals surface area contributed by atoms with Crippen molar-refractivity contribution >= 4 is 22.8 Å². The Labute approximate surface area is 210 Å². The number of carbonyl (C=O) groups is 1. The van der Waals surface area contributed by atoms with E-state index in [1.165, 1.54) is 21.3 Å². The van der Waals surface area contributed by atoms with Crippen molar-refractivity contribution in [2.75, 3.05) is 31.1 Å². The van der Waals surface area contributed by atoms with Gasteiger partial charge in [-0.15, -0.1) is 0 Å². The number of hydrogen-bond donors (Lipinski definition) is 0. The monoisotopic (exact) mass is 485 g/mol. The van der Waals surface area contributed by atoms with Crippen LogP contribution in [-0.4, -0.2) is 41.6 Å². The third-order valence-electron chi connectivity index (χ3n) is 6.64. The predicted octanol–water partition coefficient (Wildman–Crippen LogP) is 4.88. The van der Waals surface area contributed by atoms with Gasteiger partial charge in [0.15, 0.2) is 12.3 Å². The molecule has 1 aliphatic rings. The molecule has 4 aromatic rings. The zero-order valence-corrected chi connectivity index (χ0v) is 20.6. The van der Waals surface area contributed by atoms with E-state index >= 15 is 0 Å². The van der Waals surface area contributed by atoms with Gasteiger partial charge in [-0.3, -0.25) is 9.69 Å². The van der Waals surface area contributed by atoms with E-state index in [1.54, 1.807) is 0 Å². The standard InChI is InChI=1S/C29H31N3O4/c1-2-8-27(33)35-21-32-26-14-7-13-25(28(26)36-29(32)34)31-17-15-30(16-18-31)20-22-9-6-12-24(19-22)23-10-4-3-5-11-23/h3-7,9-14,19H,2,8,15-18,20-21H2,1H3. The van der Waals surface area contributed by atoms with Gasteiger partial charge in [0.2, 0.25) is 0 Å². The Morgan fingerprint density at radius 3 is 2.44 bits per heavy atom. The van der Waals surface area contributed by atoms with Crippen molar-refractivity contribution < 1.29 is 13.9 Å². The minimum atomic E-state index is -0.515. The van der Waals surface area contributed by atoms with Crippen molar-refractivity contribution in [1.29, 1.82) is 0 Å². The Bertz CT molecular complexity index is 1380. The number of piperazine rings is 1. The van der Waals surface area contributed by atoms with E-state index in [2.05, 4.69) is 58.3 Å². The third kappa shape index (κ3) is 5.21. The van der Waals surface area contributed by atoms with Gasteiger partial charge in [0.25, 0.3) is 0 Å². The summed E-state index contributed by atoms with van der Waals surface area (Å²) in [4.78, 5) is 29.0. The number of ether oxygens (including phenoxy) is 1. The van der Waals surface area contributed by atoms with Gasteiger partial charge in [-0.05, 0) is 41.3 Å². The maximum Gasteiger partial charge on any atom is 0.422 e. The summed E-state index contributed by atoms with van der Waals surface area (Å²) in [6, 6.07) is 24.9. The molecule has 0 spiro atoms. The number of benzene rings is 3. The summed E-state index contributed by atoms with van der Waals surface area (Å²) in [6.45, 7) is 6.15. The molecular formula is C29H31N3O4.